The minimum Gasteiger partial charge on any atom is -0.462 e. The highest BCUT2D eigenvalue weighted by molar-refractivity contribution is 7.52. The number of hydrogen-bond donors (Lipinski definition) is 1. The van der Waals surface area contributed by atoms with Crippen molar-refractivity contribution in [3.05, 3.63) is 64.7 Å². The van der Waals surface area contributed by atoms with Crippen LogP contribution in [0.4, 0.5) is 5.69 Å². The molecule has 3 atom stereocenters. The molecular formula is C19H23N2O7P. The number of nitrogens with one attached hydrogen (secondary N) is 1. The lowest BCUT2D eigenvalue weighted by molar-refractivity contribution is -0.384. The third-order valence-corrected chi connectivity index (χ3v) is 5.45. The summed E-state index contributed by atoms with van der Waals surface area (Å²) >= 11 is 0. The summed E-state index contributed by atoms with van der Waals surface area (Å²) in [5, 5.41) is 13.4. The zero-order valence-electron chi connectivity index (χ0n) is 16.3. The number of para-hydroxylation sites is 1. The molecule has 0 fully saturated rings. The number of carbonyl (C=O) groups is 1. The molecule has 10 heteroatoms. The molecule has 0 saturated heterocycles. The molecule has 0 bridgehead atoms. The van der Waals surface area contributed by atoms with Crippen LogP contribution in [0.1, 0.15) is 27.2 Å². The van der Waals surface area contributed by atoms with E-state index in [0.717, 1.165) is 0 Å². The van der Waals surface area contributed by atoms with Gasteiger partial charge < -0.3 is 13.8 Å². The molecule has 0 aromatic heterocycles. The van der Waals surface area contributed by atoms with Crippen molar-refractivity contribution in [1.82, 2.24) is 5.09 Å². The van der Waals surface area contributed by atoms with Crippen LogP contribution in [0, 0.1) is 10.1 Å². The molecule has 0 amide bonds. The molecule has 0 heterocycles. The number of ether oxygens (including phenoxy) is 1. The van der Waals surface area contributed by atoms with Crippen LogP contribution in [0.15, 0.2) is 54.6 Å². The first-order valence-corrected chi connectivity index (χ1v) is 10.5. The lowest BCUT2D eigenvalue weighted by Gasteiger charge is -2.23. The van der Waals surface area contributed by atoms with Crippen molar-refractivity contribution in [3.63, 3.8) is 0 Å². The minimum atomic E-state index is -4.08. The van der Waals surface area contributed by atoms with E-state index in [2.05, 4.69) is 5.09 Å². The first-order valence-electron chi connectivity index (χ1n) is 8.99. The van der Waals surface area contributed by atoms with Crippen molar-refractivity contribution in [2.45, 2.75) is 39.3 Å². The van der Waals surface area contributed by atoms with Crippen molar-refractivity contribution in [1.29, 1.82) is 0 Å². The number of nitro benzene ring substituents is 1. The van der Waals surface area contributed by atoms with E-state index >= 15 is 0 Å². The highest BCUT2D eigenvalue weighted by atomic mass is 31.2. The van der Waals surface area contributed by atoms with Gasteiger partial charge in [-0.2, -0.15) is 5.09 Å². The Labute approximate surface area is 168 Å². The number of carbonyl (C=O) groups excluding carboxylic acids is 1. The van der Waals surface area contributed by atoms with Gasteiger partial charge in [0.25, 0.3) is 5.69 Å². The van der Waals surface area contributed by atoms with E-state index in [1.807, 2.05) is 6.92 Å². The van der Waals surface area contributed by atoms with Crippen molar-refractivity contribution in [2.24, 2.45) is 0 Å². The van der Waals surface area contributed by atoms with Crippen LogP contribution in [0.5, 0.6) is 11.5 Å². The van der Waals surface area contributed by atoms with Crippen LogP contribution in [-0.4, -0.2) is 23.0 Å². The van der Waals surface area contributed by atoms with Gasteiger partial charge in [-0.15, -0.1) is 0 Å². The maximum absolute atomic E-state index is 13.3. The molecular weight excluding hydrogens is 399 g/mol. The summed E-state index contributed by atoms with van der Waals surface area (Å²) in [5.41, 5.74) is -0.144. The van der Waals surface area contributed by atoms with E-state index in [9.17, 15) is 19.5 Å². The van der Waals surface area contributed by atoms with Gasteiger partial charge in [0.05, 0.1) is 11.0 Å². The van der Waals surface area contributed by atoms with Crippen molar-refractivity contribution >= 4 is 19.4 Å². The van der Waals surface area contributed by atoms with Crippen molar-refractivity contribution in [2.75, 3.05) is 0 Å². The van der Waals surface area contributed by atoms with Gasteiger partial charge in [0.15, 0.2) is 0 Å². The minimum absolute atomic E-state index is 0.0739. The first kappa shape index (κ1) is 22.4. The molecule has 1 N–H and O–H groups in total. The van der Waals surface area contributed by atoms with Gasteiger partial charge in [0.1, 0.15) is 17.5 Å². The van der Waals surface area contributed by atoms with E-state index in [0.29, 0.717) is 6.42 Å². The van der Waals surface area contributed by atoms with E-state index in [-0.39, 0.29) is 23.3 Å². The SMILES string of the molecule is CC[C@@H](C)OC(=O)C(C)NP(=O)(Oc1ccccc1)Oc1ccc([N+](=O)[O-])cc1. The molecule has 0 aliphatic carbocycles. The summed E-state index contributed by atoms with van der Waals surface area (Å²) < 4.78 is 29.6. The topological polar surface area (TPSA) is 117 Å². The number of esters is 1. The summed E-state index contributed by atoms with van der Waals surface area (Å²) in [7, 11) is -4.08. The lowest BCUT2D eigenvalue weighted by atomic mass is 10.3. The molecule has 0 aliphatic heterocycles. The predicted molar refractivity (Wildman–Crippen MR) is 107 cm³/mol. The van der Waals surface area contributed by atoms with Crippen LogP contribution < -0.4 is 14.1 Å². The molecule has 2 aromatic rings. The molecule has 156 valence electrons. The third kappa shape index (κ3) is 6.89. The Morgan fingerprint density at radius 2 is 1.62 bits per heavy atom. The third-order valence-electron chi connectivity index (χ3n) is 3.84. The standard InChI is InChI=1S/C19H23N2O7P/c1-4-14(2)26-19(22)15(3)20-29(25,27-17-8-6-5-7-9-17)28-18-12-10-16(11-13-18)21(23)24/h5-15H,4H2,1-3H3,(H,20,25)/t14-,15?,29?/m1/s1. The molecule has 0 aliphatic rings. The molecule has 0 radical (unpaired) electrons. The average Bonchev–Trinajstić information content (AvgIpc) is 2.68. The first-order chi connectivity index (χ1) is 13.7. The van der Waals surface area contributed by atoms with Crippen LogP contribution in [0.25, 0.3) is 0 Å². The van der Waals surface area contributed by atoms with E-state index in [4.69, 9.17) is 13.8 Å². The number of non-ortho nitro benzene ring substituents is 1. The molecule has 9 nitrogen and oxygen atoms in total. The van der Waals surface area contributed by atoms with Crippen LogP contribution >= 0.6 is 7.75 Å². The van der Waals surface area contributed by atoms with E-state index in [1.165, 1.54) is 31.2 Å². The van der Waals surface area contributed by atoms with Crippen LogP contribution in [0.3, 0.4) is 0 Å². The second-order valence-electron chi connectivity index (χ2n) is 6.25. The van der Waals surface area contributed by atoms with Crippen LogP contribution in [0.2, 0.25) is 0 Å². The zero-order chi connectivity index (χ0) is 21.4. The predicted octanol–water partition coefficient (Wildman–Crippen LogP) is 4.48. The van der Waals surface area contributed by atoms with Gasteiger partial charge in [-0.25, -0.2) is 4.57 Å². The zero-order valence-corrected chi connectivity index (χ0v) is 17.2. The van der Waals surface area contributed by atoms with Gasteiger partial charge in [-0.3, -0.25) is 14.9 Å². The maximum atomic E-state index is 13.3. The molecule has 2 aromatic carbocycles. The Morgan fingerprint density at radius 1 is 1.07 bits per heavy atom. The van der Waals surface area contributed by atoms with E-state index < -0.39 is 24.7 Å². The fourth-order valence-corrected chi connectivity index (χ4v) is 3.65. The van der Waals surface area contributed by atoms with Gasteiger partial charge in [-0.1, -0.05) is 25.1 Å². The van der Waals surface area contributed by atoms with Gasteiger partial charge >= 0.3 is 13.7 Å². The number of rotatable bonds is 10. The summed E-state index contributed by atoms with van der Waals surface area (Å²) in [5.74, 6) is -0.277. The average molecular weight is 422 g/mol. The summed E-state index contributed by atoms with van der Waals surface area (Å²) in [6, 6.07) is 12.3. The molecule has 0 saturated carbocycles. The smallest absolute Gasteiger partial charge is 0.462 e. The molecule has 2 unspecified atom stereocenters. The Morgan fingerprint density at radius 3 is 2.14 bits per heavy atom. The fraction of sp³-hybridized carbons (Fsp3) is 0.316. The Hall–Kier alpha value is -2.90. The molecule has 29 heavy (non-hydrogen) atoms. The Balaban J connectivity index is 2.22. The molecule has 0 spiro atoms. The van der Waals surface area contributed by atoms with Gasteiger partial charge in [0, 0.05) is 12.1 Å². The fourth-order valence-electron chi connectivity index (χ4n) is 2.13. The normalized spacial score (nSPS) is 14.9. The monoisotopic (exact) mass is 422 g/mol. The van der Waals surface area contributed by atoms with Gasteiger partial charge in [0.2, 0.25) is 0 Å². The summed E-state index contributed by atoms with van der Waals surface area (Å²) in [6.45, 7) is 5.10. The van der Waals surface area contributed by atoms with Crippen molar-refractivity contribution in [3.8, 4) is 11.5 Å². The van der Waals surface area contributed by atoms with Gasteiger partial charge in [-0.05, 0) is 44.5 Å². The second kappa shape index (κ2) is 10.0. The lowest BCUT2D eigenvalue weighted by Crippen LogP contribution is -2.37. The maximum Gasteiger partial charge on any atom is 0.513 e. The summed E-state index contributed by atoms with van der Waals surface area (Å²) in [6.07, 6.45) is 0.340. The summed E-state index contributed by atoms with van der Waals surface area (Å²) in [4.78, 5) is 22.5. The number of hydrogen-bond acceptors (Lipinski definition) is 7. The second-order valence-corrected chi connectivity index (χ2v) is 7.87. The van der Waals surface area contributed by atoms with E-state index in [1.54, 1.807) is 37.3 Å². The van der Waals surface area contributed by atoms with Crippen LogP contribution in [-0.2, 0) is 14.1 Å². The Kier molecular flexibility index (Phi) is 7.75. The highest BCUT2D eigenvalue weighted by Gasteiger charge is 2.34. The highest BCUT2D eigenvalue weighted by Crippen LogP contribution is 2.45. The number of nitro groups is 1. The quantitative estimate of drug-likeness (QED) is 0.258. The molecule has 2 rings (SSSR count). The largest absolute Gasteiger partial charge is 0.513 e. The Bertz CT molecular complexity index is 874. The van der Waals surface area contributed by atoms with Crippen molar-refractivity contribution < 1.29 is 28.1 Å². The number of nitrogens with zero attached hydrogens (tertiary/aromatic N) is 1. The number of benzene rings is 2.